The number of hydrogen-bond donors (Lipinski definition) is 1. The van der Waals surface area contributed by atoms with E-state index in [2.05, 4.69) is 12.2 Å². The van der Waals surface area contributed by atoms with E-state index in [1.165, 1.54) is 0 Å². The fraction of sp³-hybridized carbons (Fsp3) is 0.278. The van der Waals surface area contributed by atoms with Crippen LogP contribution in [0.3, 0.4) is 0 Å². The van der Waals surface area contributed by atoms with Crippen LogP contribution in [-0.4, -0.2) is 12.5 Å². The van der Waals surface area contributed by atoms with Gasteiger partial charge in [-0.25, -0.2) is 0 Å². The van der Waals surface area contributed by atoms with Crippen molar-refractivity contribution >= 4 is 5.91 Å². The molecule has 110 valence electrons. The molecular weight excluding hydrogens is 262 g/mol. The van der Waals surface area contributed by atoms with Crippen molar-refractivity contribution in [3.05, 3.63) is 65.7 Å². The zero-order valence-electron chi connectivity index (χ0n) is 12.5. The van der Waals surface area contributed by atoms with Crippen molar-refractivity contribution in [1.82, 2.24) is 5.32 Å². The minimum atomic E-state index is -0.102. The van der Waals surface area contributed by atoms with E-state index < -0.39 is 0 Å². The van der Waals surface area contributed by atoms with Gasteiger partial charge in [0, 0.05) is 0 Å². The van der Waals surface area contributed by atoms with E-state index in [9.17, 15) is 4.79 Å². The summed E-state index contributed by atoms with van der Waals surface area (Å²) in [5.41, 5.74) is 1.69. The Morgan fingerprint density at radius 2 is 1.71 bits per heavy atom. The van der Waals surface area contributed by atoms with E-state index in [0.717, 1.165) is 12.0 Å². The van der Waals surface area contributed by atoms with Crippen LogP contribution < -0.4 is 10.1 Å². The van der Waals surface area contributed by atoms with E-state index in [0.29, 0.717) is 17.9 Å². The fourth-order valence-electron chi connectivity index (χ4n) is 2.28. The highest BCUT2D eigenvalue weighted by molar-refractivity contribution is 5.97. The van der Waals surface area contributed by atoms with Gasteiger partial charge in [-0.1, -0.05) is 49.4 Å². The number of carbonyl (C=O) groups excluding carboxylic acids is 1. The molecule has 0 aliphatic heterocycles. The number of amides is 1. The van der Waals surface area contributed by atoms with E-state index in [-0.39, 0.29) is 11.9 Å². The predicted octanol–water partition coefficient (Wildman–Crippen LogP) is 3.97. The first-order valence-electron chi connectivity index (χ1n) is 7.33. The van der Waals surface area contributed by atoms with Gasteiger partial charge in [-0.05, 0) is 31.0 Å². The molecule has 3 nitrogen and oxygen atoms in total. The summed E-state index contributed by atoms with van der Waals surface area (Å²) in [6.07, 6.45) is 0.840. The van der Waals surface area contributed by atoms with Crippen LogP contribution in [0, 0.1) is 0 Å². The number of nitrogens with one attached hydrogen (secondary N) is 1. The highest BCUT2D eigenvalue weighted by atomic mass is 16.5. The minimum Gasteiger partial charge on any atom is -0.493 e. The Balaban J connectivity index is 2.17. The second-order valence-corrected chi connectivity index (χ2v) is 4.77. The van der Waals surface area contributed by atoms with Crippen LogP contribution in [0.15, 0.2) is 54.6 Å². The lowest BCUT2D eigenvalue weighted by Crippen LogP contribution is -2.28. The Bertz CT molecular complexity index is 581. The lowest BCUT2D eigenvalue weighted by Gasteiger charge is -2.18. The van der Waals surface area contributed by atoms with Gasteiger partial charge in [0.2, 0.25) is 0 Å². The number of benzene rings is 2. The lowest BCUT2D eigenvalue weighted by molar-refractivity contribution is 0.0931. The number of carbonyl (C=O) groups is 1. The van der Waals surface area contributed by atoms with Crippen molar-refractivity contribution in [2.75, 3.05) is 6.61 Å². The van der Waals surface area contributed by atoms with Crippen molar-refractivity contribution in [2.24, 2.45) is 0 Å². The second-order valence-electron chi connectivity index (χ2n) is 4.77. The van der Waals surface area contributed by atoms with Gasteiger partial charge in [0.15, 0.2) is 0 Å². The molecule has 0 radical (unpaired) electrons. The Morgan fingerprint density at radius 1 is 1.05 bits per heavy atom. The molecule has 0 aliphatic rings. The first-order valence-corrected chi connectivity index (χ1v) is 7.33. The maximum atomic E-state index is 12.5. The lowest BCUT2D eigenvalue weighted by atomic mass is 10.0. The van der Waals surface area contributed by atoms with Crippen LogP contribution >= 0.6 is 0 Å². The first kappa shape index (κ1) is 15.1. The van der Waals surface area contributed by atoms with Crippen molar-refractivity contribution in [1.29, 1.82) is 0 Å². The first-order chi connectivity index (χ1) is 10.3. The van der Waals surface area contributed by atoms with Gasteiger partial charge in [-0.2, -0.15) is 0 Å². The maximum absolute atomic E-state index is 12.5. The molecule has 0 saturated heterocycles. The number of hydrogen-bond acceptors (Lipinski definition) is 2. The third-order valence-corrected chi connectivity index (χ3v) is 3.35. The van der Waals surface area contributed by atoms with Crippen molar-refractivity contribution in [2.45, 2.75) is 26.3 Å². The monoisotopic (exact) mass is 283 g/mol. The van der Waals surface area contributed by atoms with Gasteiger partial charge in [-0.15, -0.1) is 0 Å². The summed E-state index contributed by atoms with van der Waals surface area (Å²) in [4.78, 5) is 12.5. The molecule has 0 fully saturated rings. The predicted molar refractivity (Wildman–Crippen MR) is 84.6 cm³/mol. The Morgan fingerprint density at radius 3 is 2.38 bits per heavy atom. The topological polar surface area (TPSA) is 38.3 Å². The Kier molecular flexibility index (Phi) is 5.38. The molecule has 2 rings (SSSR count). The summed E-state index contributed by atoms with van der Waals surface area (Å²) in [6, 6.07) is 17.3. The fourth-order valence-corrected chi connectivity index (χ4v) is 2.28. The standard InChI is InChI=1S/C18H21NO2/c1-3-16(14-10-6-5-7-11-14)19-18(20)15-12-8-9-13-17(15)21-4-2/h5-13,16H,3-4H2,1-2H3,(H,19,20). The molecule has 0 bridgehead atoms. The van der Waals surface area contributed by atoms with Crippen LogP contribution in [0.25, 0.3) is 0 Å². The quantitative estimate of drug-likeness (QED) is 0.871. The molecule has 21 heavy (non-hydrogen) atoms. The van der Waals surface area contributed by atoms with E-state index in [1.54, 1.807) is 6.07 Å². The average Bonchev–Trinajstić information content (AvgIpc) is 2.54. The molecule has 1 amide bonds. The normalized spacial score (nSPS) is 11.7. The van der Waals surface area contributed by atoms with E-state index in [4.69, 9.17) is 4.74 Å². The van der Waals surface area contributed by atoms with Crippen molar-refractivity contribution in [3.8, 4) is 5.75 Å². The largest absolute Gasteiger partial charge is 0.493 e. The van der Waals surface area contributed by atoms with E-state index in [1.807, 2.05) is 55.5 Å². The molecule has 0 aromatic heterocycles. The Hall–Kier alpha value is -2.29. The minimum absolute atomic E-state index is 0.00776. The molecule has 2 aromatic carbocycles. The van der Waals surface area contributed by atoms with Gasteiger partial charge in [0.25, 0.3) is 5.91 Å². The molecule has 3 heteroatoms. The van der Waals surface area contributed by atoms with Crippen LogP contribution in [-0.2, 0) is 0 Å². The molecule has 1 atom stereocenters. The van der Waals surface area contributed by atoms with Crippen molar-refractivity contribution < 1.29 is 9.53 Å². The SMILES string of the molecule is CCOc1ccccc1C(=O)NC(CC)c1ccccc1. The smallest absolute Gasteiger partial charge is 0.255 e. The summed E-state index contributed by atoms with van der Waals surface area (Å²) in [7, 11) is 0. The molecule has 0 spiro atoms. The molecule has 1 unspecified atom stereocenters. The molecular formula is C18H21NO2. The molecule has 1 N–H and O–H groups in total. The highest BCUT2D eigenvalue weighted by Crippen LogP contribution is 2.21. The summed E-state index contributed by atoms with van der Waals surface area (Å²) in [5.74, 6) is 0.523. The number of rotatable bonds is 6. The Labute approximate surface area is 126 Å². The van der Waals surface area contributed by atoms with Gasteiger partial charge < -0.3 is 10.1 Å². The summed E-state index contributed by atoms with van der Waals surface area (Å²) < 4.78 is 5.52. The zero-order chi connectivity index (χ0) is 15.1. The van der Waals surface area contributed by atoms with Gasteiger partial charge in [0.1, 0.15) is 5.75 Å². The van der Waals surface area contributed by atoms with Crippen LogP contribution in [0.2, 0.25) is 0 Å². The average molecular weight is 283 g/mol. The molecule has 0 heterocycles. The summed E-state index contributed by atoms with van der Waals surface area (Å²) >= 11 is 0. The third-order valence-electron chi connectivity index (χ3n) is 3.35. The summed E-state index contributed by atoms with van der Waals surface area (Å²) in [6.45, 7) is 4.51. The second kappa shape index (κ2) is 7.48. The molecule has 0 aliphatic carbocycles. The summed E-state index contributed by atoms with van der Waals surface area (Å²) in [5, 5.41) is 3.08. The van der Waals surface area contributed by atoms with Crippen LogP contribution in [0.5, 0.6) is 5.75 Å². The maximum Gasteiger partial charge on any atom is 0.255 e. The molecule has 0 saturated carbocycles. The van der Waals surface area contributed by atoms with Gasteiger partial charge >= 0.3 is 0 Å². The van der Waals surface area contributed by atoms with Gasteiger partial charge in [0.05, 0.1) is 18.2 Å². The van der Waals surface area contributed by atoms with Crippen LogP contribution in [0.4, 0.5) is 0 Å². The van der Waals surface area contributed by atoms with Crippen LogP contribution in [0.1, 0.15) is 42.2 Å². The number of ether oxygens (including phenoxy) is 1. The third kappa shape index (κ3) is 3.85. The zero-order valence-corrected chi connectivity index (χ0v) is 12.5. The van der Waals surface area contributed by atoms with Gasteiger partial charge in [-0.3, -0.25) is 4.79 Å². The highest BCUT2D eigenvalue weighted by Gasteiger charge is 2.16. The number of para-hydroxylation sites is 1. The molecule has 2 aromatic rings. The van der Waals surface area contributed by atoms with Crippen molar-refractivity contribution in [3.63, 3.8) is 0 Å². The van der Waals surface area contributed by atoms with E-state index >= 15 is 0 Å².